The number of carbonyl (C=O) groups is 2. The van der Waals surface area contributed by atoms with E-state index in [4.69, 9.17) is 10.8 Å². The third-order valence-corrected chi connectivity index (χ3v) is 4.58. The van der Waals surface area contributed by atoms with Crippen LogP contribution in [0.15, 0.2) is 0 Å². The summed E-state index contributed by atoms with van der Waals surface area (Å²) in [6.45, 7) is 2.68. The minimum absolute atomic E-state index is 0.0347. The number of nitrogens with two attached hydrogens (primary N) is 1. The number of nitrogens with one attached hydrogen (secondary N) is 1. The Morgan fingerprint density at radius 3 is 2.48 bits per heavy atom. The van der Waals surface area contributed by atoms with E-state index in [9.17, 15) is 9.59 Å². The van der Waals surface area contributed by atoms with E-state index in [-0.39, 0.29) is 17.9 Å². The van der Waals surface area contributed by atoms with Crippen molar-refractivity contribution in [2.45, 2.75) is 76.7 Å². The van der Waals surface area contributed by atoms with Gasteiger partial charge < -0.3 is 16.2 Å². The number of hydrogen-bond acceptors (Lipinski definition) is 3. The first-order valence-corrected chi connectivity index (χ1v) is 8.22. The first-order valence-electron chi connectivity index (χ1n) is 8.22. The van der Waals surface area contributed by atoms with Crippen molar-refractivity contribution in [3.8, 4) is 0 Å². The minimum Gasteiger partial charge on any atom is -0.481 e. The molecule has 0 aromatic heterocycles. The molecule has 1 aliphatic rings. The van der Waals surface area contributed by atoms with E-state index < -0.39 is 5.97 Å². The Morgan fingerprint density at radius 2 is 1.90 bits per heavy atom. The van der Waals surface area contributed by atoms with Crippen LogP contribution in [0.2, 0.25) is 0 Å². The van der Waals surface area contributed by atoms with Crippen LogP contribution < -0.4 is 11.1 Å². The molecule has 1 amide bonds. The van der Waals surface area contributed by atoms with Crippen LogP contribution in [0.1, 0.15) is 71.1 Å². The summed E-state index contributed by atoms with van der Waals surface area (Å²) in [5.41, 5.74) is 5.96. The summed E-state index contributed by atoms with van der Waals surface area (Å²) in [4.78, 5) is 22.5. The first-order chi connectivity index (χ1) is 9.95. The lowest BCUT2D eigenvalue weighted by molar-refractivity contribution is -0.137. The van der Waals surface area contributed by atoms with Crippen LogP contribution in [-0.2, 0) is 9.59 Å². The van der Waals surface area contributed by atoms with Crippen molar-refractivity contribution in [1.29, 1.82) is 0 Å². The maximum absolute atomic E-state index is 12.0. The van der Waals surface area contributed by atoms with Gasteiger partial charge in [-0.2, -0.15) is 0 Å². The number of amides is 1. The summed E-state index contributed by atoms with van der Waals surface area (Å²) in [7, 11) is 0. The zero-order valence-electron chi connectivity index (χ0n) is 13.2. The molecular formula is C16H30N2O3. The summed E-state index contributed by atoms with van der Waals surface area (Å²) in [5, 5.41) is 11.6. The van der Waals surface area contributed by atoms with E-state index >= 15 is 0 Å². The van der Waals surface area contributed by atoms with E-state index in [1.807, 2.05) is 0 Å². The molecule has 1 aliphatic carbocycles. The highest BCUT2D eigenvalue weighted by atomic mass is 16.4. The molecule has 0 aromatic carbocycles. The molecule has 5 nitrogen and oxygen atoms in total. The van der Waals surface area contributed by atoms with Gasteiger partial charge in [0.25, 0.3) is 0 Å². The van der Waals surface area contributed by atoms with Gasteiger partial charge in [0, 0.05) is 24.9 Å². The molecule has 1 atom stereocenters. The summed E-state index contributed by atoms with van der Waals surface area (Å²) < 4.78 is 0. The zero-order valence-corrected chi connectivity index (χ0v) is 13.2. The zero-order chi connectivity index (χ0) is 15.7. The maximum atomic E-state index is 12.0. The van der Waals surface area contributed by atoms with E-state index in [0.29, 0.717) is 25.3 Å². The van der Waals surface area contributed by atoms with E-state index in [1.54, 1.807) is 0 Å². The third kappa shape index (κ3) is 7.46. The summed E-state index contributed by atoms with van der Waals surface area (Å²) in [6.07, 6.45) is 8.44. The van der Waals surface area contributed by atoms with Crippen molar-refractivity contribution in [2.24, 2.45) is 11.7 Å². The van der Waals surface area contributed by atoms with Gasteiger partial charge in [0.1, 0.15) is 0 Å². The Balaban J connectivity index is 2.21. The van der Waals surface area contributed by atoms with Gasteiger partial charge in [0.15, 0.2) is 0 Å². The van der Waals surface area contributed by atoms with E-state index in [0.717, 1.165) is 38.5 Å². The van der Waals surface area contributed by atoms with Gasteiger partial charge in [-0.3, -0.25) is 9.59 Å². The summed E-state index contributed by atoms with van der Waals surface area (Å²) in [5.74, 6) is -0.352. The number of hydrogen-bond donors (Lipinski definition) is 3. The highest BCUT2D eigenvalue weighted by molar-refractivity contribution is 5.77. The lowest BCUT2D eigenvalue weighted by Crippen LogP contribution is -2.46. The third-order valence-electron chi connectivity index (χ3n) is 4.58. The number of carboxylic acid groups (broad SMARTS) is 1. The normalized spacial score (nSPS) is 19.0. The highest BCUT2D eigenvalue weighted by Gasteiger charge is 2.29. The smallest absolute Gasteiger partial charge is 0.303 e. The molecule has 21 heavy (non-hydrogen) atoms. The lowest BCUT2D eigenvalue weighted by Gasteiger charge is -2.32. The van der Waals surface area contributed by atoms with Crippen molar-refractivity contribution in [3.63, 3.8) is 0 Å². The monoisotopic (exact) mass is 298 g/mol. The molecular weight excluding hydrogens is 268 g/mol. The second-order valence-electron chi connectivity index (χ2n) is 6.45. The van der Waals surface area contributed by atoms with Crippen LogP contribution in [0.4, 0.5) is 0 Å². The van der Waals surface area contributed by atoms with Crippen LogP contribution in [0.5, 0.6) is 0 Å². The van der Waals surface area contributed by atoms with Crippen molar-refractivity contribution in [3.05, 3.63) is 0 Å². The Hall–Kier alpha value is -1.10. The Bertz CT molecular complexity index is 338. The van der Waals surface area contributed by atoms with Crippen LogP contribution in [0, 0.1) is 5.92 Å². The molecule has 5 heteroatoms. The van der Waals surface area contributed by atoms with Crippen molar-refractivity contribution >= 4 is 11.9 Å². The molecule has 0 heterocycles. The Morgan fingerprint density at radius 1 is 1.24 bits per heavy atom. The molecule has 1 saturated carbocycles. The topological polar surface area (TPSA) is 92.4 Å². The van der Waals surface area contributed by atoms with Gasteiger partial charge in [0.2, 0.25) is 5.91 Å². The first kappa shape index (κ1) is 18.0. The van der Waals surface area contributed by atoms with Crippen LogP contribution in [-0.4, -0.2) is 29.1 Å². The van der Waals surface area contributed by atoms with Gasteiger partial charge in [0.05, 0.1) is 0 Å². The molecule has 1 rings (SSSR count). The van der Waals surface area contributed by atoms with Gasteiger partial charge in [-0.05, 0) is 31.6 Å². The predicted molar refractivity (Wildman–Crippen MR) is 82.9 cm³/mol. The molecule has 0 spiro atoms. The fourth-order valence-electron chi connectivity index (χ4n) is 3.11. The molecule has 1 fully saturated rings. The Kier molecular flexibility index (Phi) is 7.72. The molecule has 0 aromatic rings. The average Bonchev–Trinajstić information content (AvgIpc) is 2.42. The number of carbonyl (C=O) groups excluding carboxylic acids is 1. The van der Waals surface area contributed by atoms with Gasteiger partial charge in [-0.25, -0.2) is 0 Å². The largest absolute Gasteiger partial charge is 0.481 e. The molecule has 0 bridgehead atoms. The SMILES string of the molecule is CCC(CCNC(=O)CC1(N)CCCCC1)CCC(=O)O. The predicted octanol–water partition coefficient (Wildman–Crippen LogP) is 2.44. The second kappa shape index (κ2) is 9.03. The van der Waals surface area contributed by atoms with Crippen LogP contribution in [0.25, 0.3) is 0 Å². The quantitative estimate of drug-likeness (QED) is 0.609. The fraction of sp³-hybridized carbons (Fsp3) is 0.875. The van der Waals surface area contributed by atoms with Gasteiger partial charge in [-0.15, -0.1) is 0 Å². The molecule has 4 N–H and O–H groups in total. The molecule has 0 saturated heterocycles. The summed E-state index contributed by atoms with van der Waals surface area (Å²) in [6, 6.07) is 0. The lowest BCUT2D eigenvalue weighted by atomic mass is 9.80. The van der Waals surface area contributed by atoms with Gasteiger partial charge >= 0.3 is 5.97 Å². The van der Waals surface area contributed by atoms with Crippen LogP contribution in [0.3, 0.4) is 0 Å². The van der Waals surface area contributed by atoms with Crippen molar-refractivity contribution < 1.29 is 14.7 Å². The Labute approximate surface area is 127 Å². The van der Waals surface area contributed by atoms with Crippen molar-refractivity contribution in [2.75, 3.05) is 6.54 Å². The highest BCUT2D eigenvalue weighted by Crippen LogP contribution is 2.28. The fourth-order valence-corrected chi connectivity index (χ4v) is 3.11. The number of rotatable bonds is 9. The minimum atomic E-state index is -0.750. The van der Waals surface area contributed by atoms with E-state index in [1.165, 1.54) is 6.42 Å². The standard InChI is InChI=1S/C16H30N2O3/c1-2-13(6-7-15(20)21)8-11-18-14(19)12-16(17)9-4-3-5-10-16/h13H,2-12,17H2,1H3,(H,18,19)(H,20,21). The van der Waals surface area contributed by atoms with Gasteiger partial charge in [-0.1, -0.05) is 32.6 Å². The van der Waals surface area contributed by atoms with E-state index in [2.05, 4.69) is 12.2 Å². The molecule has 0 aliphatic heterocycles. The van der Waals surface area contributed by atoms with Crippen molar-refractivity contribution in [1.82, 2.24) is 5.32 Å². The van der Waals surface area contributed by atoms with Crippen LogP contribution >= 0.6 is 0 Å². The number of carboxylic acids is 1. The summed E-state index contributed by atoms with van der Waals surface area (Å²) >= 11 is 0. The number of aliphatic carboxylic acids is 1. The molecule has 0 radical (unpaired) electrons. The molecule has 1 unspecified atom stereocenters. The molecule has 122 valence electrons. The second-order valence-corrected chi connectivity index (χ2v) is 6.45. The maximum Gasteiger partial charge on any atom is 0.303 e. The average molecular weight is 298 g/mol.